The molecule has 0 fully saturated rings. The van der Waals surface area contributed by atoms with Crippen LogP contribution in [0.15, 0.2) is 36.7 Å². The number of hydrogen-bond acceptors (Lipinski definition) is 6. The molecule has 0 saturated carbocycles. The van der Waals surface area contributed by atoms with Crippen LogP contribution in [-0.4, -0.2) is 43.8 Å². The van der Waals surface area contributed by atoms with Crippen LogP contribution in [0, 0.1) is 0 Å². The first kappa shape index (κ1) is 24.1. The van der Waals surface area contributed by atoms with Gasteiger partial charge in [-0.2, -0.15) is 23.1 Å². The third kappa shape index (κ3) is 5.61. The summed E-state index contributed by atoms with van der Waals surface area (Å²) in [4.78, 5) is 25.1. The van der Waals surface area contributed by atoms with Gasteiger partial charge in [-0.15, -0.1) is 0 Å². The highest BCUT2D eigenvalue weighted by atomic mass is 35.5. The van der Waals surface area contributed by atoms with E-state index in [1.807, 2.05) is 38.1 Å². The number of carboxylic acid groups (broad SMARTS) is 1. The van der Waals surface area contributed by atoms with Gasteiger partial charge in [0.1, 0.15) is 16.8 Å². The Hall–Kier alpha value is -3.60. The molecule has 4 rings (SSSR count). The first-order valence-corrected chi connectivity index (χ1v) is 10.0. The standard InChI is InChI=1S/C19H17ClN4O2.C2HF3O2/c1-3-14-16(20)15-17(22-14)23-19(24-18(15)25-4-2)26-13-6-5-11-7-8-21-10-12(11)9-13;3-2(4,5)1(6)7/h5-10H,3-4H2,1-2H3,(H,22,23,24);(H,6,7). The van der Waals surface area contributed by atoms with E-state index in [1.165, 1.54) is 0 Å². The first-order chi connectivity index (χ1) is 15.6. The molecule has 0 amide bonds. The van der Waals surface area contributed by atoms with Crippen molar-refractivity contribution in [1.82, 2.24) is 19.9 Å². The highest BCUT2D eigenvalue weighted by Gasteiger charge is 2.38. The van der Waals surface area contributed by atoms with Gasteiger partial charge in [0.2, 0.25) is 5.88 Å². The molecule has 1 aromatic carbocycles. The fraction of sp³-hybridized carbons (Fsp3) is 0.238. The average Bonchev–Trinajstić information content (AvgIpc) is 3.09. The number of nitrogens with one attached hydrogen (secondary N) is 1. The number of carbonyl (C=O) groups is 1. The number of fused-ring (bicyclic) bond motifs is 2. The van der Waals surface area contributed by atoms with Crippen molar-refractivity contribution < 1.29 is 32.5 Å². The van der Waals surface area contributed by atoms with Crippen LogP contribution in [0.3, 0.4) is 0 Å². The van der Waals surface area contributed by atoms with E-state index in [9.17, 15) is 13.2 Å². The summed E-state index contributed by atoms with van der Waals surface area (Å²) in [5.41, 5.74) is 1.49. The molecule has 12 heteroatoms. The summed E-state index contributed by atoms with van der Waals surface area (Å²) in [6.07, 6.45) is -0.778. The van der Waals surface area contributed by atoms with Crippen LogP contribution in [-0.2, 0) is 11.2 Å². The van der Waals surface area contributed by atoms with Crippen LogP contribution < -0.4 is 9.47 Å². The Kier molecular flexibility index (Phi) is 7.22. The maximum atomic E-state index is 10.6. The van der Waals surface area contributed by atoms with E-state index in [2.05, 4.69) is 19.9 Å². The second-order valence-corrected chi connectivity index (χ2v) is 6.91. The minimum absolute atomic E-state index is 0.199. The van der Waals surface area contributed by atoms with Crippen LogP contribution in [0.2, 0.25) is 5.02 Å². The highest BCUT2D eigenvalue weighted by Crippen LogP contribution is 2.35. The lowest BCUT2D eigenvalue weighted by atomic mass is 10.2. The monoisotopic (exact) mass is 482 g/mol. The molecule has 0 aliphatic heterocycles. The first-order valence-electron chi connectivity index (χ1n) is 9.66. The molecule has 8 nitrogen and oxygen atoms in total. The summed E-state index contributed by atoms with van der Waals surface area (Å²) < 4.78 is 43.3. The van der Waals surface area contributed by atoms with E-state index in [1.54, 1.807) is 12.4 Å². The van der Waals surface area contributed by atoms with E-state index in [4.69, 9.17) is 31.0 Å². The lowest BCUT2D eigenvalue weighted by Gasteiger charge is -2.08. The van der Waals surface area contributed by atoms with Crippen molar-refractivity contribution >= 4 is 39.4 Å². The maximum absolute atomic E-state index is 10.6. The molecule has 0 bridgehead atoms. The number of aryl methyl sites for hydroxylation is 1. The number of aromatic amines is 1. The number of pyridine rings is 1. The molecule has 3 heterocycles. The van der Waals surface area contributed by atoms with Crippen molar-refractivity contribution in [2.24, 2.45) is 0 Å². The van der Waals surface area contributed by atoms with Crippen molar-refractivity contribution in [2.75, 3.05) is 6.61 Å². The van der Waals surface area contributed by atoms with Gasteiger partial charge in [0.05, 0.1) is 11.6 Å². The van der Waals surface area contributed by atoms with Gasteiger partial charge in [-0.05, 0) is 36.9 Å². The van der Waals surface area contributed by atoms with Crippen molar-refractivity contribution in [1.29, 1.82) is 0 Å². The number of nitrogens with zero attached hydrogens (tertiary/aromatic N) is 3. The molecule has 33 heavy (non-hydrogen) atoms. The van der Waals surface area contributed by atoms with Crippen molar-refractivity contribution in [2.45, 2.75) is 26.4 Å². The van der Waals surface area contributed by atoms with Gasteiger partial charge in [-0.1, -0.05) is 24.6 Å². The van der Waals surface area contributed by atoms with Crippen molar-refractivity contribution in [3.63, 3.8) is 0 Å². The second-order valence-electron chi connectivity index (χ2n) is 6.53. The minimum Gasteiger partial charge on any atom is -0.477 e. The van der Waals surface area contributed by atoms with Crippen molar-refractivity contribution in [3.05, 3.63) is 47.4 Å². The fourth-order valence-electron chi connectivity index (χ4n) is 2.82. The smallest absolute Gasteiger partial charge is 0.477 e. The number of benzene rings is 1. The Morgan fingerprint density at radius 3 is 2.55 bits per heavy atom. The van der Waals surface area contributed by atoms with Crippen LogP contribution in [0.5, 0.6) is 17.6 Å². The predicted molar refractivity (Wildman–Crippen MR) is 115 cm³/mol. The second kappa shape index (κ2) is 9.90. The highest BCUT2D eigenvalue weighted by molar-refractivity contribution is 6.36. The number of carboxylic acids is 1. The quantitative estimate of drug-likeness (QED) is 0.384. The fourth-order valence-corrected chi connectivity index (χ4v) is 3.17. The number of alkyl halides is 3. The maximum Gasteiger partial charge on any atom is 0.490 e. The van der Waals surface area contributed by atoms with Gasteiger partial charge in [0, 0.05) is 23.5 Å². The molecule has 3 aromatic heterocycles. The lowest BCUT2D eigenvalue weighted by Crippen LogP contribution is -2.21. The van der Waals surface area contributed by atoms with E-state index >= 15 is 0 Å². The van der Waals surface area contributed by atoms with Gasteiger partial charge in [0.15, 0.2) is 0 Å². The number of halogens is 4. The van der Waals surface area contributed by atoms with Gasteiger partial charge >= 0.3 is 18.2 Å². The Morgan fingerprint density at radius 2 is 1.91 bits per heavy atom. The van der Waals surface area contributed by atoms with Crippen LogP contribution >= 0.6 is 11.6 Å². The van der Waals surface area contributed by atoms with Gasteiger partial charge in [0.25, 0.3) is 0 Å². The molecule has 4 aromatic rings. The number of hydrogen-bond donors (Lipinski definition) is 2. The SMILES string of the molecule is CCOc1nc(Oc2ccc3ccncc3c2)nc2[nH]c(CC)c(Cl)c12.O=C(O)C(F)(F)F. The van der Waals surface area contributed by atoms with Gasteiger partial charge in [-0.25, -0.2) is 4.79 Å². The predicted octanol–water partition coefficient (Wildman–Crippen LogP) is 5.55. The molecule has 0 aliphatic carbocycles. The summed E-state index contributed by atoms with van der Waals surface area (Å²) in [6.45, 7) is 4.38. The number of rotatable bonds is 5. The number of H-pyrrole nitrogens is 1. The zero-order chi connectivity index (χ0) is 24.2. The average molecular weight is 483 g/mol. The molecule has 0 saturated heterocycles. The Balaban J connectivity index is 0.000000383. The lowest BCUT2D eigenvalue weighted by molar-refractivity contribution is -0.192. The van der Waals surface area contributed by atoms with Crippen LogP contribution in [0.1, 0.15) is 19.5 Å². The molecule has 0 unspecified atom stereocenters. The Morgan fingerprint density at radius 1 is 1.18 bits per heavy atom. The normalized spacial score (nSPS) is 11.2. The molecule has 174 valence electrons. The number of ether oxygens (including phenoxy) is 2. The Labute approximate surface area is 190 Å². The third-order valence-corrected chi connectivity index (χ3v) is 4.72. The van der Waals surface area contributed by atoms with E-state index in [0.717, 1.165) is 22.9 Å². The molecule has 0 spiro atoms. The van der Waals surface area contributed by atoms with E-state index in [-0.39, 0.29) is 6.01 Å². The zero-order valence-corrected chi connectivity index (χ0v) is 18.2. The molecule has 0 atom stereocenters. The minimum atomic E-state index is -5.08. The summed E-state index contributed by atoms with van der Waals surface area (Å²) in [5.74, 6) is -1.72. The zero-order valence-electron chi connectivity index (χ0n) is 17.4. The summed E-state index contributed by atoms with van der Waals surface area (Å²) >= 11 is 6.44. The van der Waals surface area contributed by atoms with Gasteiger partial charge in [-0.3, -0.25) is 4.98 Å². The molecular weight excluding hydrogens is 465 g/mol. The van der Waals surface area contributed by atoms with Crippen LogP contribution in [0.4, 0.5) is 13.2 Å². The Bertz CT molecular complexity index is 1290. The van der Waals surface area contributed by atoms with Crippen molar-refractivity contribution in [3.8, 4) is 17.6 Å². The number of aromatic nitrogens is 4. The van der Waals surface area contributed by atoms with E-state index in [0.29, 0.717) is 34.3 Å². The summed E-state index contributed by atoms with van der Waals surface area (Å²) in [6, 6.07) is 7.88. The molecular formula is C21H18ClF3N4O4. The summed E-state index contributed by atoms with van der Waals surface area (Å²) in [5, 5.41) is 10.5. The largest absolute Gasteiger partial charge is 0.490 e. The number of aliphatic carboxylic acids is 1. The summed E-state index contributed by atoms with van der Waals surface area (Å²) in [7, 11) is 0. The van der Waals surface area contributed by atoms with E-state index < -0.39 is 12.1 Å². The van der Waals surface area contributed by atoms with Gasteiger partial charge < -0.3 is 19.6 Å². The topological polar surface area (TPSA) is 110 Å². The molecule has 0 radical (unpaired) electrons. The van der Waals surface area contributed by atoms with Crippen LogP contribution in [0.25, 0.3) is 21.8 Å². The third-order valence-electron chi connectivity index (χ3n) is 4.31. The molecule has 0 aliphatic rings. The molecule has 2 N–H and O–H groups in total.